The van der Waals surface area contributed by atoms with E-state index < -0.39 is 15.1 Å². The minimum atomic E-state index is -9.69. The van der Waals surface area contributed by atoms with E-state index in [0.29, 0.717) is 39.9 Å². The largest absolute Gasteiger partial charge is 0.488 e. The van der Waals surface area contributed by atoms with E-state index in [1.54, 1.807) is 24.3 Å². The fourth-order valence-corrected chi connectivity index (χ4v) is 4.58. The summed E-state index contributed by atoms with van der Waals surface area (Å²) in [4.78, 5) is 3.45. The fourth-order valence-electron chi connectivity index (χ4n) is 2.72. The maximum atomic E-state index is 12.9. The molecular weight excluding hydrogens is 465 g/mol. The highest BCUT2D eigenvalue weighted by atomic mass is 35.5. The van der Waals surface area contributed by atoms with Crippen molar-refractivity contribution in [3.8, 4) is 16.3 Å². The van der Waals surface area contributed by atoms with Crippen molar-refractivity contribution < 1.29 is 24.2 Å². The predicted molar refractivity (Wildman–Crippen MR) is 113 cm³/mol. The Morgan fingerprint density at radius 3 is 2.33 bits per heavy atom. The first kappa shape index (κ1) is 22.8. The Labute approximate surface area is 180 Å². The van der Waals surface area contributed by atoms with Crippen LogP contribution in [0.25, 0.3) is 10.6 Å². The number of nitrogens with zero attached hydrogens (tertiary/aromatic N) is 1. The summed E-state index contributed by atoms with van der Waals surface area (Å²) in [6.07, 6.45) is 2.52. The maximum Gasteiger partial charge on any atom is 0.310 e. The molecule has 2 aromatic carbocycles. The molecule has 0 aliphatic heterocycles. The number of hydrogen-bond acceptors (Lipinski definition) is 3. The Morgan fingerprint density at radius 1 is 1.03 bits per heavy atom. The number of hydrogen-bond donors (Lipinski definition) is 0. The van der Waals surface area contributed by atoms with Crippen LogP contribution in [-0.2, 0) is 13.0 Å². The minimum Gasteiger partial charge on any atom is -0.488 e. The SMILES string of the molecule is CCCCc1nc(-c2ccc(S(F)(F)(F)(F)F)cc2)sc1COc1cccc(Cl)c1. The molecule has 164 valence electrons. The minimum absolute atomic E-state index is 0.223. The number of halogens is 6. The van der Waals surface area contributed by atoms with E-state index in [1.165, 1.54) is 11.3 Å². The van der Waals surface area contributed by atoms with Crippen LogP contribution in [0.15, 0.2) is 53.4 Å². The third-order valence-electron chi connectivity index (χ3n) is 4.26. The highest BCUT2D eigenvalue weighted by Gasteiger charge is 2.65. The summed E-state index contributed by atoms with van der Waals surface area (Å²) in [5.74, 6) is 0.583. The molecule has 0 atom stereocenters. The quantitative estimate of drug-likeness (QED) is 0.298. The average molecular weight is 484 g/mol. The number of benzene rings is 2. The second-order valence-corrected chi connectivity index (χ2v) is 10.7. The summed E-state index contributed by atoms with van der Waals surface area (Å²) in [6.45, 7) is 2.26. The van der Waals surface area contributed by atoms with Gasteiger partial charge >= 0.3 is 10.2 Å². The standard InChI is InChI=1S/C20H19ClF5NOS2/c1-2-3-7-18-19(13-28-16-6-4-5-15(21)12-16)29-20(27-18)14-8-10-17(11-9-14)30(22,23,24,25)26/h4-6,8-12H,2-3,7,13H2,1H3. The molecule has 0 fully saturated rings. The highest BCUT2D eigenvalue weighted by molar-refractivity contribution is 8.45. The zero-order chi connectivity index (χ0) is 22.1. The Morgan fingerprint density at radius 2 is 1.73 bits per heavy atom. The van der Waals surface area contributed by atoms with Crippen molar-refractivity contribution in [3.63, 3.8) is 0 Å². The molecule has 1 aromatic heterocycles. The van der Waals surface area contributed by atoms with E-state index in [0.717, 1.165) is 35.5 Å². The summed E-state index contributed by atoms with van der Waals surface area (Å²) in [5.41, 5.74) is 1.13. The molecule has 0 aliphatic rings. The molecule has 0 amide bonds. The number of aromatic nitrogens is 1. The van der Waals surface area contributed by atoms with Crippen LogP contribution < -0.4 is 4.74 Å². The van der Waals surface area contributed by atoms with Crippen LogP contribution in [0.1, 0.15) is 30.3 Å². The lowest BCUT2D eigenvalue weighted by Crippen LogP contribution is -2.05. The monoisotopic (exact) mass is 483 g/mol. The lowest BCUT2D eigenvalue weighted by atomic mass is 10.2. The van der Waals surface area contributed by atoms with Gasteiger partial charge in [0.05, 0.1) is 10.6 Å². The Hall–Kier alpha value is -1.84. The van der Waals surface area contributed by atoms with Crippen molar-refractivity contribution in [1.82, 2.24) is 4.98 Å². The molecule has 10 heteroatoms. The van der Waals surface area contributed by atoms with Crippen molar-refractivity contribution in [1.29, 1.82) is 0 Å². The third kappa shape index (κ3) is 5.86. The van der Waals surface area contributed by atoms with Crippen molar-refractivity contribution >= 4 is 33.2 Å². The number of unbranched alkanes of at least 4 members (excludes halogenated alkanes) is 1. The Bertz CT molecular complexity index is 1040. The molecule has 0 saturated heterocycles. The fraction of sp³-hybridized carbons (Fsp3) is 0.250. The van der Waals surface area contributed by atoms with Gasteiger partial charge < -0.3 is 4.74 Å². The van der Waals surface area contributed by atoms with E-state index in [1.807, 2.05) is 6.92 Å². The zero-order valence-electron chi connectivity index (χ0n) is 15.9. The van der Waals surface area contributed by atoms with Crippen LogP contribution in [0.4, 0.5) is 19.4 Å². The van der Waals surface area contributed by atoms with E-state index in [4.69, 9.17) is 16.3 Å². The molecule has 3 aromatic rings. The van der Waals surface area contributed by atoms with Gasteiger partial charge in [0.2, 0.25) is 0 Å². The van der Waals surface area contributed by atoms with Gasteiger partial charge in [0.1, 0.15) is 22.3 Å². The first-order valence-corrected chi connectivity index (χ1v) is 12.2. The van der Waals surface area contributed by atoms with Crippen LogP contribution in [0.5, 0.6) is 5.75 Å². The second-order valence-electron chi connectivity index (χ2n) is 6.73. The normalized spacial score (nSPS) is 14.2. The van der Waals surface area contributed by atoms with Crippen LogP contribution in [0, 0.1) is 0 Å². The second kappa shape index (κ2) is 7.69. The van der Waals surface area contributed by atoms with Crippen molar-refractivity contribution in [2.24, 2.45) is 0 Å². The Kier molecular flexibility index (Phi) is 5.85. The van der Waals surface area contributed by atoms with Crippen molar-refractivity contribution in [2.45, 2.75) is 37.7 Å². The molecule has 1 heterocycles. The molecule has 0 radical (unpaired) electrons. The van der Waals surface area contributed by atoms with Crippen LogP contribution in [-0.4, -0.2) is 4.98 Å². The van der Waals surface area contributed by atoms with Gasteiger partial charge in [-0.15, -0.1) is 11.3 Å². The third-order valence-corrected chi connectivity index (χ3v) is 6.78. The predicted octanol–water partition coefficient (Wildman–Crippen LogP) is 9.04. The molecule has 0 aliphatic carbocycles. The van der Waals surface area contributed by atoms with Crippen LogP contribution in [0.3, 0.4) is 0 Å². The summed E-state index contributed by atoms with van der Waals surface area (Å²) >= 11 is 7.22. The molecule has 30 heavy (non-hydrogen) atoms. The van der Waals surface area contributed by atoms with Gasteiger partial charge in [-0.3, -0.25) is 0 Å². The number of aryl methyl sites for hydroxylation is 1. The average Bonchev–Trinajstić information content (AvgIpc) is 3.06. The van der Waals surface area contributed by atoms with Gasteiger partial charge in [0.15, 0.2) is 0 Å². The first-order valence-electron chi connectivity index (χ1n) is 9.07. The van der Waals surface area contributed by atoms with Gasteiger partial charge in [-0.1, -0.05) is 62.6 Å². The number of thiazole rings is 1. The molecule has 0 unspecified atom stereocenters. The zero-order valence-corrected chi connectivity index (χ0v) is 18.3. The van der Waals surface area contributed by atoms with Crippen LogP contribution >= 0.6 is 33.2 Å². The van der Waals surface area contributed by atoms with Gasteiger partial charge in [-0.2, -0.15) is 0 Å². The summed E-state index contributed by atoms with van der Waals surface area (Å²) in [6, 6.07) is 9.79. The van der Waals surface area contributed by atoms with E-state index in [-0.39, 0.29) is 6.61 Å². The molecular formula is C20H19ClF5NOS2. The lowest BCUT2D eigenvalue weighted by Gasteiger charge is -2.40. The van der Waals surface area contributed by atoms with Gasteiger partial charge in [-0.25, -0.2) is 4.98 Å². The molecule has 2 nitrogen and oxygen atoms in total. The Balaban J connectivity index is 1.87. The van der Waals surface area contributed by atoms with E-state index in [9.17, 15) is 19.4 Å². The summed E-state index contributed by atoms with van der Waals surface area (Å²) < 4.78 is 70.5. The number of ether oxygens (including phenoxy) is 1. The van der Waals surface area contributed by atoms with Crippen molar-refractivity contribution in [2.75, 3.05) is 0 Å². The van der Waals surface area contributed by atoms with Gasteiger partial charge in [0, 0.05) is 10.6 Å². The topological polar surface area (TPSA) is 22.1 Å². The molecule has 0 spiro atoms. The van der Waals surface area contributed by atoms with Gasteiger partial charge in [0.25, 0.3) is 0 Å². The highest BCUT2D eigenvalue weighted by Crippen LogP contribution is 3.02. The lowest BCUT2D eigenvalue weighted by molar-refractivity contribution is 0.308. The molecule has 0 saturated carbocycles. The molecule has 3 rings (SSSR count). The van der Waals surface area contributed by atoms with Crippen LogP contribution in [0.2, 0.25) is 5.02 Å². The smallest absolute Gasteiger partial charge is 0.310 e. The summed E-state index contributed by atoms with van der Waals surface area (Å²) in [7, 11) is -9.69. The number of rotatable bonds is 8. The molecule has 0 N–H and O–H groups in total. The first-order chi connectivity index (χ1) is 13.9. The summed E-state index contributed by atoms with van der Waals surface area (Å²) in [5, 5.41) is 0.993. The van der Waals surface area contributed by atoms with Gasteiger partial charge in [-0.05, 0) is 43.2 Å². The van der Waals surface area contributed by atoms with Crippen molar-refractivity contribution in [3.05, 3.63) is 64.1 Å². The molecule has 0 bridgehead atoms. The maximum absolute atomic E-state index is 12.9. The van der Waals surface area contributed by atoms with E-state index in [2.05, 4.69) is 4.98 Å². The van der Waals surface area contributed by atoms with E-state index >= 15 is 0 Å².